The SMILES string of the molecule is CC(C)CCNc1ccc(NC(=O)C2CCCO2)nn1. The van der Waals surface area contributed by atoms with Gasteiger partial charge >= 0.3 is 0 Å². The number of anilines is 2. The molecule has 1 aromatic heterocycles. The van der Waals surface area contributed by atoms with Crippen LogP contribution in [0.4, 0.5) is 11.6 Å². The van der Waals surface area contributed by atoms with Crippen LogP contribution in [0.2, 0.25) is 0 Å². The lowest BCUT2D eigenvalue weighted by molar-refractivity contribution is -0.124. The monoisotopic (exact) mass is 278 g/mol. The van der Waals surface area contributed by atoms with Crippen molar-refractivity contribution in [3.8, 4) is 0 Å². The van der Waals surface area contributed by atoms with Gasteiger partial charge in [-0.1, -0.05) is 13.8 Å². The average Bonchev–Trinajstić information content (AvgIpc) is 2.94. The van der Waals surface area contributed by atoms with Crippen molar-refractivity contribution in [2.45, 2.75) is 39.2 Å². The summed E-state index contributed by atoms with van der Waals surface area (Å²) in [6, 6.07) is 3.57. The maximum absolute atomic E-state index is 11.8. The summed E-state index contributed by atoms with van der Waals surface area (Å²) < 4.78 is 5.31. The molecule has 0 bridgehead atoms. The van der Waals surface area contributed by atoms with Crippen molar-refractivity contribution in [2.24, 2.45) is 5.92 Å². The highest BCUT2D eigenvalue weighted by Gasteiger charge is 2.23. The highest BCUT2D eigenvalue weighted by Crippen LogP contribution is 2.14. The first-order valence-corrected chi connectivity index (χ1v) is 7.15. The van der Waals surface area contributed by atoms with Gasteiger partial charge in [-0.15, -0.1) is 10.2 Å². The Balaban J connectivity index is 1.80. The molecule has 1 unspecified atom stereocenters. The Kier molecular flexibility index (Phi) is 5.29. The first-order valence-electron chi connectivity index (χ1n) is 7.15. The van der Waals surface area contributed by atoms with Gasteiger partial charge in [-0.25, -0.2) is 0 Å². The number of nitrogens with zero attached hydrogens (tertiary/aromatic N) is 2. The molecule has 0 spiro atoms. The molecule has 1 aliphatic heterocycles. The van der Waals surface area contributed by atoms with Crippen LogP contribution in [0.25, 0.3) is 0 Å². The molecule has 1 aromatic rings. The Hall–Kier alpha value is -1.69. The molecule has 0 aliphatic carbocycles. The van der Waals surface area contributed by atoms with Crippen molar-refractivity contribution in [1.82, 2.24) is 10.2 Å². The summed E-state index contributed by atoms with van der Waals surface area (Å²) in [6.45, 7) is 5.88. The fraction of sp³-hybridized carbons (Fsp3) is 0.643. The summed E-state index contributed by atoms with van der Waals surface area (Å²) >= 11 is 0. The zero-order valence-corrected chi connectivity index (χ0v) is 12.1. The second-order valence-corrected chi connectivity index (χ2v) is 5.40. The fourth-order valence-corrected chi connectivity index (χ4v) is 1.97. The minimum absolute atomic E-state index is 0.141. The normalized spacial score (nSPS) is 18.2. The highest BCUT2D eigenvalue weighted by atomic mass is 16.5. The van der Waals surface area contributed by atoms with Crippen molar-refractivity contribution in [1.29, 1.82) is 0 Å². The van der Waals surface area contributed by atoms with Crippen molar-refractivity contribution in [3.05, 3.63) is 12.1 Å². The maximum Gasteiger partial charge on any atom is 0.254 e. The van der Waals surface area contributed by atoms with Crippen LogP contribution in [0.3, 0.4) is 0 Å². The van der Waals surface area contributed by atoms with E-state index >= 15 is 0 Å². The minimum atomic E-state index is -0.347. The summed E-state index contributed by atoms with van der Waals surface area (Å²) in [5.74, 6) is 1.69. The molecule has 0 saturated carbocycles. The van der Waals surface area contributed by atoms with Gasteiger partial charge in [-0.05, 0) is 37.3 Å². The smallest absolute Gasteiger partial charge is 0.254 e. The van der Waals surface area contributed by atoms with Crippen LogP contribution < -0.4 is 10.6 Å². The Bertz CT molecular complexity index is 427. The zero-order valence-electron chi connectivity index (χ0n) is 12.1. The van der Waals surface area contributed by atoms with Gasteiger partial charge in [0.15, 0.2) is 5.82 Å². The Morgan fingerprint density at radius 2 is 2.15 bits per heavy atom. The van der Waals surface area contributed by atoms with Crippen LogP contribution >= 0.6 is 0 Å². The molecule has 110 valence electrons. The predicted octanol–water partition coefficient (Wildman–Crippen LogP) is 2.05. The van der Waals surface area contributed by atoms with Crippen molar-refractivity contribution >= 4 is 17.5 Å². The first-order chi connectivity index (χ1) is 9.65. The van der Waals surface area contributed by atoms with E-state index in [1.54, 1.807) is 6.07 Å². The zero-order chi connectivity index (χ0) is 14.4. The van der Waals surface area contributed by atoms with E-state index in [-0.39, 0.29) is 12.0 Å². The number of hydrogen-bond donors (Lipinski definition) is 2. The van der Waals surface area contributed by atoms with Gasteiger partial charge in [0.05, 0.1) is 0 Å². The van der Waals surface area contributed by atoms with Crippen LogP contribution in [0.5, 0.6) is 0 Å². The van der Waals surface area contributed by atoms with Gasteiger partial charge in [0.2, 0.25) is 0 Å². The van der Waals surface area contributed by atoms with Crippen LogP contribution in [-0.4, -0.2) is 35.4 Å². The molecule has 20 heavy (non-hydrogen) atoms. The molecular weight excluding hydrogens is 256 g/mol. The molecular formula is C14H22N4O2. The van der Waals surface area contributed by atoms with Crippen LogP contribution in [0.1, 0.15) is 33.1 Å². The van der Waals surface area contributed by atoms with Crippen LogP contribution in [0.15, 0.2) is 12.1 Å². The summed E-state index contributed by atoms with van der Waals surface area (Å²) in [5, 5.41) is 13.9. The van der Waals surface area contributed by atoms with E-state index < -0.39 is 0 Å². The number of nitrogens with one attached hydrogen (secondary N) is 2. The standard InChI is InChI=1S/C14H22N4O2/c1-10(2)7-8-15-12-5-6-13(18-17-12)16-14(19)11-4-3-9-20-11/h5-6,10-11H,3-4,7-9H2,1-2H3,(H,15,17)(H,16,18,19). The summed E-state index contributed by atoms with van der Waals surface area (Å²) in [5.41, 5.74) is 0. The van der Waals surface area contributed by atoms with Gasteiger partial charge in [0.1, 0.15) is 11.9 Å². The molecule has 6 heteroatoms. The number of aromatic nitrogens is 2. The molecule has 2 heterocycles. The van der Waals surface area contributed by atoms with E-state index in [0.717, 1.165) is 31.6 Å². The Morgan fingerprint density at radius 3 is 2.75 bits per heavy atom. The second-order valence-electron chi connectivity index (χ2n) is 5.40. The second kappa shape index (κ2) is 7.19. The summed E-state index contributed by atoms with van der Waals surface area (Å²) in [6.07, 6.45) is 2.44. The molecule has 0 aromatic carbocycles. The van der Waals surface area contributed by atoms with E-state index in [2.05, 4.69) is 34.7 Å². The van der Waals surface area contributed by atoms with Crippen molar-refractivity contribution < 1.29 is 9.53 Å². The van der Waals surface area contributed by atoms with E-state index in [1.807, 2.05) is 6.07 Å². The van der Waals surface area contributed by atoms with Gasteiger partial charge in [0, 0.05) is 13.2 Å². The minimum Gasteiger partial charge on any atom is -0.369 e. The molecule has 1 amide bonds. The van der Waals surface area contributed by atoms with Gasteiger partial charge in [0.25, 0.3) is 5.91 Å². The Morgan fingerprint density at radius 1 is 1.40 bits per heavy atom. The van der Waals surface area contributed by atoms with E-state index in [9.17, 15) is 4.79 Å². The van der Waals surface area contributed by atoms with Gasteiger partial charge in [-0.3, -0.25) is 4.79 Å². The highest BCUT2D eigenvalue weighted by molar-refractivity contribution is 5.93. The molecule has 1 atom stereocenters. The van der Waals surface area contributed by atoms with Crippen molar-refractivity contribution in [2.75, 3.05) is 23.8 Å². The van der Waals surface area contributed by atoms with E-state index in [1.165, 1.54) is 0 Å². The quantitative estimate of drug-likeness (QED) is 0.833. The average molecular weight is 278 g/mol. The summed E-state index contributed by atoms with van der Waals surface area (Å²) in [4.78, 5) is 11.8. The number of amides is 1. The summed E-state index contributed by atoms with van der Waals surface area (Å²) in [7, 11) is 0. The third-order valence-electron chi connectivity index (χ3n) is 3.17. The lowest BCUT2D eigenvalue weighted by Crippen LogP contribution is -2.27. The maximum atomic E-state index is 11.8. The van der Waals surface area contributed by atoms with E-state index in [0.29, 0.717) is 18.3 Å². The Labute approximate surface area is 119 Å². The fourth-order valence-electron chi connectivity index (χ4n) is 1.97. The lowest BCUT2D eigenvalue weighted by Gasteiger charge is -2.10. The molecule has 2 N–H and O–H groups in total. The number of rotatable bonds is 6. The predicted molar refractivity (Wildman–Crippen MR) is 77.6 cm³/mol. The number of carbonyl (C=O) groups is 1. The topological polar surface area (TPSA) is 76.1 Å². The largest absolute Gasteiger partial charge is 0.369 e. The van der Waals surface area contributed by atoms with Gasteiger partial charge < -0.3 is 15.4 Å². The van der Waals surface area contributed by atoms with Gasteiger partial charge in [-0.2, -0.15) is 0 Å². The number of carbonyl (C=O) groups excluding carboxylic acids is 1. The molecule has 6 nitrogen and oxygen atoms in total. The molecule has 2 rings (SSSR count). The van der Waals surface area contributed by atoms with Crippen molar-refractivity contribution in [3.63, 3.8) is 0 Å². The first kappa shape index (κ1) is 14.7. The van der Waals surface area contributed by atoms with E-state index in [4.69, 9.17) is 4.74 Å². The molecule has 1 saturated heterocycles. The molecule has 1 fully saturated rings. The third kappa shape index (κ3) is 4.45. The molecule has 0 radical (unpaired) electrons. The van der Waals surface area contributed by atoms with Crippen LogP contribution in [0, 0.1) is 5.92 Å². The number of hydrogen-bond acceptors (Lipinski definition) is 5. The lowest BCUT2D eigenvalue weighted by atomic mass is 10.1. The molecule has 1 aliphatic rings. The number of ether oxygens (including phenoxy) is 1. The third-order valence-corrected chi connectivity index (χ3v) is 3.17. The van der Waals surface area contributed by atoms with Crippen LogP contribution in [-0.2, 0) is 9.53 Å².